The summed E-state index contributed by atoms with van der Waals surface area (Å²) in [5.74, 6) is 0.242. The second-order valence-electron chi connectivity index (χ2n) is 4.87. The summed E-state index contributed by atoms with van der Waals surface area (Å²) < 4.78 is 5.62. The number of ether oxygens (including phenoxy) is 1. The molecule has 2 aromatic carbocycles. The number of carbonyl (C=O) groups excluding carboxylic acids is 1. The summed E-state index contributed by atoms with van der Waals surface area (Å²) >= 11 is 18.9. The number of thioether (sulfide) groups is 1. The minimum absolute atomic E-state index is 0.167. The maximum atomic E-state index is 12.7. The highest BCUT2D eigenvalue weighted by atomic mass is 35.5. The summed E-state index contributed by atoms with van der Waals surface area (Å²) in [7, 11) is 1.50. The fraction of sp³-hybridized carbons (Fsp3) is 0.0588. The predicted octanol–water partition coefficient (Wildman–Crippen LogP) is 5.41. The third kappa shape index (κ3) is 3.30. The molecule has 1 aliphatic heterocycles. The molecule has 24 heavy (non-hydrogen) atoms. The van der Waals surface area contributed by atoms with E-state index in [-0.39, 0.29) is 5.91 Å². The first-order valence-corrected chi connectivity index (χ1v) is 8.85. The van der Waals surface area contributed by atoms with Gasteiger partial charge in [0.05, 0.1) is 27.7 Å². The summed E-state index contributed by atoms with van der Waals surface area (Å²) in [4.78, 5) is 14.7. The van der Waals surface area contributed by atoms with Gasteiger partial charge < -0.3 is 4.74 Å². The maximum Gasteiger partial charge on any atom is 0.270 e. The molecule has 0 N–H and O–H groups in total. The SMILES string of the molecule is COc1c(Cl)cc(/C=C2/SC(=S)N(c3ccccc3)C2=O)cc1Cl. The van der Waals surface area contributed by atoms with Gasteiger partial charge in [0.25, 0.3) is 5.91 Å². The zero-order chi connectivity index (χ0) is 17.3. The minimum atomic E-state index is -0.167. The molecule has 1 aliphatic rings. The number of para-hydroxylation sites is 1. The molecule has 3 rings (SSSR count). The highest BCUT2D eigenvalue weighted by Crippen LogP contribution is 2.38. The second-order valence-corrected chi connectivity index (χ2v) is 7.36. The smallest absolute Gasteiger partial charge is 0.270 e. The Morgan fingerprint density at radius 2 is 1.79 bits per heavy atom. The summed E-state index contributed by atoms with van der Waals surface area (Å²) in [6.07, 6.45) is 1.72. The van der Waals surface area contributed by atoms with Crippen molar-refractivity contribution in [2.45, 2.75) is 0 Å². The van der Waals surface area contributed by atoms with Gasteiger partial charge in [-0.1, -0.05) is 65.4 Å². The Morgan fingerprint density at radius 3 is 2.38 bits per heavy atom. The number of amides is 1. The normalized spacial score (nSPS) is 16.1. The Morgan fingerprint density at radius 1 is 1.17 bits per heavy atom. The number of benzene rings is 2. The van der Waals surface area contributed by atoms with Crippen molar-refractivity contribution in [3.63, 3.8) is 0 Å². The minimum Gasteiger partial charge on any atom is -0.494 e. The van der Waals surface area contributed by atoms with Gasteiger partial charge in [0.15, 0.2) is 10.1 Å². The number of methoxy groups -OCH3 is 1. The van der Waals surface area contributed by atoms with Crippen molar-refractivity contribution in [3.05, 3.63) is 63.0 Å². The van der Waals surface area contributed by atoms with E-state index in [0.717, 1.165) is 5.69 Å². The molecule has 0 radical (unpaired) electrons. The van der Waals surface area contributed by atoms with Gasteiger partial charge in [-0.05, 0) is 35.9 Å². The first kappa shape index (κ1) is 17.3. The lowest BCUT2D eigenvalue weighted by Crippen LogP contribution is -2.27. The van der Waals surface area contributed by atoms with Crippen molar-refractivity contribution >= 4 is 69.2 Å². The van der Waals surface area contributed by atoms with Gasteiger partial charge in [0.1, 0.15) is 0 Å². The van der Waals surface area contributed by atoms with Crippen LogP contribution in [-0.4, -0.2) is 17.3 Å². The number of hydrogen-bond donors (Lipinski definition) is 0. The summed E-state index contributed by atoms with van der Waals surface area (Å²) in [5, 5.41) is 0.768. The van der Waals surface area contributed by atoms with Crippen LogP contribution in [0.3, 0.4) is 0 Å². The third-order valence-corrected chi connectivity index (χ3v) is 5.19. The number of anilines is 1. The van der Waals surface area contributed by atoms with Gasteiger partial charge >= 0.3 is 0 Å². The lowest BCUT2D eigenvalue weighted by molar-refractivity contribution is -0.113. The maximum absolute atomic E-state index is 12.7. The van der Waals surface area contributed by atoms with Crippen LogP contribution in [0.5, 0.6) is 5.75 Å². The molecule has 0 aliphatic carbocycles. The van der Waals surface area contributed by atoms with Gasteiger partial charge in [-0.15, -0.1) is 0 Å². The molecule has 2 aromatic rings. The van der Waals surface area contributed by atoms with E-state index in [1.165, 1.54) is 23.8 Å². The average Bonchev–Trinajstić information content (AvgIpc) is 2.82. The van der Waals surface area contributed by atoms with Gasteiger partial charge in [-0.25, -0.2) is 0 Å². The van der Waals surface area contributed by atoms with Crippen LogP contribution >= 0.6 is 47.2 Å². The first-order chi connectivity index (χ1) is 11.5. The number of hydrogen-bond acceptors (Lipinski definition) is 4. The molecule has 3 nitrogen and oxygen atoms in total. The van der Waals surface area contributed by atoms with Gasteiger partial charge in [-0.2, -0.15) is 0 Å². The number of nitrogens with zero attached hydrogens (tertiary/aromatic N) is 1. The Bertz CT molecular complexity index is 830. The van der Waals surface area contributed by atoms with E-state index in [9.17, 15) is 4.79 Å². The predicted molar refractivity (Wildman–Crippen MR) is 105 cm³/mol. The van der Waals surface area contributed by atoms with Gasteiger partial charge in [0.2, 0.25) is 0 Å². The Kier molecular flexibility index (Phi) is 5.15. The Hall–Kier alpha value is -1.53. The molecule has 1 fully saturated rings. The molecular formula is C17H11Cl2NO2S2. The van der Waals surface area contributed by atoms with Crippen molar-refractivity contribution < 1.29 is 9.53 Å². The van der Waals surface area contributed by atoms with Crippen LogP contribution in [0, 0.1) is 0 Å². The zero-order valence-electron chi connectivity index (χ0n) is 12.5. The number of thiocarbonyl (C=S) groups is 1. The van der Waals surface area contributed by atoms with E-state index in [1.54, 1.807) is 18.2 Å². The summed E-state index contributed by atoms with van der Waals surface area (Å²) in [5.41, 5.74) is 1.45. The van der Waals surface area contributed by atoms with Crippen molar-refractivity contribution in [2.75, 3.05) is 12.0 Å². The number of rotatable bonds is 3. The highest BCUT2D eigenvalue weighted by Gasteiger charge is 2.33. The monoisotopic (exact) mass is 395 g/mol. The van der Waals surface area contributed by atoms with E-state index in [1.807, 2.05) is 30.3 Å². The van der Waals surface area contributed by atoms with E-state index in [0.29, 0.717) is 30.6 Å². The third-order valence-electron chi connectivity index (χ3n) is 3.33. The molecule has 1 saturated heterocycles. The topological polar surface area (TPSA) is 29.5 Å². The summed E-state index contributed by atoms with van der Waals surface area (Å²) in [6, 6.07) is 12.7. The fourth-order valence-electron chi connectivity index (χ4n) is 2.28. The summed E-state index contributed by atoms with van der Waals surface area (Å²) in [6.45, 7) is 0. The highest BCUT2D eigenvalue weighted by molar-refractivity contribution is 8.27. The van der Waals surface area contributed by atoms with Gasteiger partial charge in [-0.3, -0.25) is 9.69 Å². The molecule has 0 aromatic heterocycles. The lowest BCUT2D eigenvalue weighted by Gasteiger charge is -2.13. The van der Waals surface area contributed by atoms with Crippen LogP contribution in [-0.2, 0) is 4.79 Å². The van der Waals surface area contributed by atoms with Crippen LogP contribution in [0.15, 0.2) is 47.4 Å². The molecule has 1 amide bonds. The van der Waals surface area contributed by atoms with Crippen molar-refractivity contribution in [2.24, 2.45) is 0 Å². The van der Waals surface area contributed by atoms with Crippen LogP contribution in [0.25, 0.3) is 6.08 Å². The average molecular weight is 396 g/mol. The van der Waals surface area contributed by atoms with Crippen LogP contribution < -0.4 is 9.64 Å². The number of halogens is 2. The van der Waals surface area contributed by atoms with Crippen LogP contribution in [0.4, 0.5) is 5.69 Å². The molecule has 0 saturated carbocycles. The van der Waals surface area contributed by atoms with E-state index in [4.69, 9.17) is 40.2 Å². The van der Waals surface area contributed by atoms with Crippen molar-refractivity contribution in [1.29, 1.82) is 0 Å². The molecule has 7 heteroatoms. The van der Waals surface area contributed by atoms with E-state index in [2.05, 4.69) is 0 Å². The number of carbonyl (C=O) groups is 1. The van der Waals surface area contributed by atoms with Crippen LogP contribution in [0.1, 0.15) is 5.56 Å². The van der Waals surface area contributed by atoms with Gasteiger partial charge in [0, 0.05) is 0 Å². The molecule has 0 atom stereocenters. The molecule has 1 heterocycles. The molecule has 0 unspecified atom stereocenters. The second kappa shape index (κ2) is 7.15. The molecular weight excluding hydrogens is 385 g/mol. The lowest BCUT2D eigenvalue weighted by atomic mass is 10.2. The quantitative estimate of drug-likeness (QED) is 0.513. The molecule has 122 valence electrons. The molecule has 0 spiro atoms. The Balaban J connectivity index is 1.95. The van der Waals surface area contributed by atoms with Crippen LogP contribution in [0.2, 0.25) is 10.0 Å². The largest absolute Gasteiger partial charge is 0.494 e. The standard InChI is InChI=1S/C17H11Cl2NO2S2/c1-22-15-12(18)7-10(8-13(15)19)9-14-16(21)20(17(23)24-14)11-5-3-2-4-6-11/h2-9H,1H3/b14-9+. The molecule has 0 bridgehead atoms. The van der Waals surface area contributed by atoms with Crippen molar-refractivity contribution in [1.82, 2.24) is 0 Å². The van der Waals surface area contributed by atoms with Crippen molar-refractivity contribution in [3.8, 4) is 5.75 Å². The Labute approximate surface area is 159 Å². The first-order valence-electron chi connectivity index (χ1n) is 6.87. The van der Waals surface area contributed by atoms with E-state index >= 15 is 0 Å². The fourth-order valence-corrected chi connectivity index (χ4v) is 4.23. The van der Waals surface area contributed by atoms with E-state index < -0.39 is 0 Å². The zero-order valence-corrected chi connectivity index (χ0v) is 15.6.